The minimum absolute atomic E-state index is 0.0883. The summed E-state index contributed by atoms with van der Waals surface area (Å²) in [6.07, 6.45) is 4.37. The summed E-state index contributed by atoms with van der Waals surface area (Å²) in [4.78, 5) is 30.3. The van der Waals surface area contributed by atoms with Gasteiger partial charge in [0.25, 0.3) is 11.8 Å². The van der Waals surface area contributed by atoms with Gasteiger partial charge in [-0.3, -0.25) is 14.5 Å². The molecule has 2 aliphatic heterocycles. The summed E-state index contributed by atoms with van der Waals surface area (Å²) < 4.78 is 1.42. The van der Waals surface area contributed by atoms with Gasteiger partial charge in [0.1, 0.15) is 4.32 Å². The van der Waals surface area contributed by atoms with Crippen LogP contribution in [0.25, 0.3) is 5.57 Å². The monoisotopic (exact) mass is 480 g/mol. The van der Waals surface area contributed by atoms with Crippen molar-refractivity contribution in [1.82, 2.24) is 4.90 Å². The fourth-order valence-electron chi connectivity index (χ4n) is 3.51. The average Bonchev–Trinajstić information content (AvgIpc) is 3.05. The number of anilines is 1. The van der Waals surface area contributed by atoms with Gasteiger partial charge in [0.15, 0.2) is 0 Å². The highest BCUT2D eigenvalue weighted by atomic mass is 79.9. The normalized spacial score (nSPS) is 19.4. The number of unbranched alkanes of at least 4 members (excludes halogenated alkanes) is 3. The van der Waals surface area contributed by atoms with Crippen molar-refractivity contribution in [2.24, 2.45) is 5.92 Å². The molecule has 150 valence electrons. The Bertz CT molecular complexity index is 851. The zero-order valence-corrected chi connectivity index (χ0v) is 19.7. The molecule has 0 saturated carbocycles. The largest absolute Gasteiger partial charge is 0.308 e. The molecule has 28 heavy (non-hydrogen) atoms. The minimum Gasteiger partial charge on any atom is -0.308 e. The third-order valence-electron chi connectivity index (χ3n) is 4.84. The summed E-state index contributed by atoms with van der Waals surface area (Å²) in [5.74, 6) is 0.0723. The van der Waals surface area contributed by atoms with Crippen LogP contribution in [0.5, 0.6) is 0 Å². The van der Waals surface area contributed by atoms with Gasteiger partial charge in [-0.1, -0.05) is 79.9 Å². The standard InChI is InChI=1S/C21H25BrN2O2S2/c1-4-5-6-7-10-23-16-9-8-14(22)11-15(16)17(19(23)25)18-20(26)24(12-13(2)3)21(27)28-18/h8-9,11,13H,4-7,10,12H2,1-3H3. The van der Waals surface area contributed by atoms with Gasteiger partial charge in [-0.25, -0.2) is 0 Å². The summed E-state index contributed by atoms with van der Waals surface area (Å²) in [6, 6.07) is 5.83. The number of carbonyl (C=O) groups is 2. The Balaban J connectivity index is 1.98. The Kier molecular flexibility index (Phi) is 6.99. The fraction of sp³-hybridized carbons (Fsp3) is 0.476. The molecule has 4 nitrogen and oxygen atoms in total. The SMILES string of the molecule is CCCCCCN1C(=O)C(=C2SC(=S)N(CC(C)C)C2=O)c2cc(Br)ccc21. The molecule has 0 bridgehead atoms. The third-order valence-corrected chi connectivity index (χ3v) is 6.78. The number of benzene rings is 1. The Labute approximate surface area is 184 Å². The number of rotatable bonds is 7. The topological polar surface area (TPSA) is 40.6 Å². The molecule has 0 unspecified atom stereocenters. The second-order valence-corrected chi connectivity index (χ2v) is 10.1. The first-order valence-corrected chi connectivity index (χ1v) is 11.8. The quantitative estimate of drug-likeness (QED) is 0.289. The fourth-order valence-corrected chi connectivity index (χ4v) is 5.22. The van der Waals surface area contributed by atoms with Crippen LogP contribution in [0.1, 0.15) is 52.0 Å². The van der Waals surface area contributed by atoms with Gasteiger partial charge < -0.3 is 4.90 Å². The van der Waals surface area contributed by atoms with Gasteiger partial charge in [0.05, 0.1) is 16.2 Å². The van der Waals surface area contributed by atoms with E-state index in [1.165, 1.54) is 11.8 Å². The lowest BCUT2D eigenvalue weighted by Gasteiger charge is -2.17. The summed E-state index contributed by atoms with van der Waals surface area (Å²) in [7, 11) is 0. The molecule has 0 radical (unpaired) electrons. The summed E-state index contributed by atoms with van der Waals surface area (Å²) >= 11 is 10.2. The van der Waals surface area contributed by atoms with Crippen LogP contribution in [-0.4, -0.2) is 34.1 Å². The van der Waals surface area contributed by atoms with Crippen molar-refractivity contribution in [3.63, 3.8) is 0 Å². The van der Waals surface area contributed by atoms with Crippen LogP contribution in [0.3, 0.4) is 0 Å². The molecule has 3 rings (SSSR count). The number of carbonyl (C=O) groups excluding carboxylic acids is 2. The summed E-state index contributed by atoms with van der Waals surface area (Å²) in [5.41, 5.74) is 2.20. The highest BCUT2D eigenvalue weighted by Gasteiger charge is 2.42. The number of thiocarbonyl (C=S) groups is 1. The molecule has 0 spiro atoms. The molecule has 0 aromatic heterocycles. The lowest BCUT2D eigenvalue weighted by atomic mass is 10.1. The maximum absolute atomic E-state index is 13.3. The van der Waals surface area contributed by atoms with Crippen molar-refractivity contribution in [2.75, 3.05) is 18.0 Å². The van der Waals surface area contributed by atoms with E-state index < -0.39 is 0 Å². The van der Waals surface area contributed by atoms with Gasteiger partial charge in [-0.2, -0.15) is 0 Å². The highest BCUT2D eigenvalue weighted by Crippen LogP contribution is 2.45. The zero-order chi connectivity index (χ0) is 20.4. The molecule has 1 saturated heterocycles. The molecule has 0 aliphatic carbocycles. The van der Waals surface area contributed by atoms with Crippen LogP contribution in [-0.2, 0) is 9.59 Å². The van der Waals surface area contributed by atoms with Crippen molar-refractivity contribution < 1.29 is 9.59 Å². The molecular weight excluding hydrogens is 456 g/mol. The van der Waals surface area contributed by atoms with Gasteiger partial charge >= 0.3 is 0 Å². The maximum Gasteiger partial charge on any atom is 0.267 e. The number of nitrogens with zero attached hydrogens (tertiary/aromatic N) is 2. The number of halogens is 1. The van der Waals surface area contributed by atoms with Crippen LogP contribution in [0.2, 0.25) is 0 Å². The number of thioether (sulfide) groups is 1. The first kappa shape index (κ1) is 21.5. The molecule has 1 aromatic rings. The van der Waals surface area contributed by atoms with E-state index in [2.05, 4.69) is 36.7 Å². The van der Waals surface area contributed by atoms with Crippen LogP contribution >= 0.6 is 39.9 Å². The van der Waals surface area contributed by atoms with E-state index >= 15 is 0 Å². The molecule has 0 atom stereocenters. The highest BCUT2D eigenvalue weighted by molar-refractivity contribution is 9.10. The van der Waals surface area contributed by atoms with Gasteiger partial charge in [0.2, 0.25) is 0 Å². The molecular formula is C21H25BrN2O2S2. The molecule has 2 amide bonds. The Morgan fingerprint density at radius 3 is 2.54 bits per heavy atom. The number of hydrogen-bond donors (Lipinski definition) is 0. The first-order chi connectivity index (χ1) is 13.3. The van der Waals surface area contributed by atoms with E-state index in [0.29, 0.717) is 33.8 Å². The summed E-state index contributed by atoms with van der Waals surface area (Å²) in [5, 5.41) is 0. The van der Waals surface area contributed by atoms with Gasteiger partial charge in [0, 0.05) is 23.1 Å². The van der Waals surface area contributed by atoms with E-state index in [1.807, 2.05) is 23.1 Å². The van der Waals surface area contributed by atoms with Crippen LogP contribution in [0, 0.1) is 5.92 Å². The van der Waals surface area contributed by atoms with E-state index in [4.69, 9.17) is 12.2 Å². The molecule has 1 fully saturated rings. The van der Waals surface area contributed by atoms with Gasteiger partial charge in [-0.05, 0) is 30.5 Å². The third kappa shape index (κ3) is 4.21. The lowest BCUT2D eigenvalue weighted by molar-refractivity contribution is -0.122. The van der Waals surface area contributed by atoms with Gasteiger partial charge in [-0.15, -0.1) is 0 Å². The predicted octanol–water partition coefficient (Wildman–Crippen LogP) is 5.60. The number of fused-ring (bicyclic) bond motifs is 1. The first-order valence-electron chi connectivity index (χ1n) is 9.74. The molecule has 7 heteroatoms. The lowest BCUT2D eigenvalue weighted by Crippen LogP contribution is -2.32. The van der Waals surface area contributed by atoms with E-state index in [9.17, 15) is 9.59 Å². The minimum atomic E-state index is -0.147. The second-order valence-electron chi connectivity index (χ2n) is 7.56. The second kappa shape index (κ2) is 9.09. The van der Waals surface area contributed by atoms with Crippen molar-refractivity contribution in [1.29, 1.82) is 0 Å². The van der Waals surface area contributed by atoms with Crippen LogP contribution < -0.4 is 4.90 Å². The van der Waals surface area contributed by atoms with Crippen molar-refractivity contribution in [3.05, 3.63) is 33.1 Å². The summed E-state index contributed by atoms with van der Waals surface area (Å²) in [6.45, 7) is 7.52. The molecule has 1 aromatic carbocycles. The Hall–Kier alpha value is -1.18. The molecule has 0 N–H and O–H groups in total. The van der Waals surface area contributed by atoms with Crippen molar-refractivity contribution in [2.45, 2.75) is 46.5 Å². The smallest absolute Gasteiger partial charge is 0.267 e. The van der Waals surface area contributed by atoms with E-state index in [1.54, 1.807) is 4.90 Å². The van der Waals surface area contributed by atoms with E-state index in [0.717, 1.165) is 41.4 Å². The van der Waals surface area contributed by atoms with Crippen molar-refractivity contribution >= 4 is 67.3 Å². The Morgan fingerprint density at radius 2 is 1.86 bits per heavy atom. The molecule has 2 heterocycles. The van der Waals surface area contributed by atoms with Crippen LogP contribution in [0.15, 0.2) is 27.6 Å². The number of amides is 2. The van der Waals surface area contributed by atoms with E-state index in [-0.39, 0.29) is 11.8 Å². The predicted molar refractivity (Wildman–Crippen MR) is 124 cm³/mol. The zero-order valence-electron chi connectivity index (χ0n) is 16.5. The van der Waals surface area contributed by atoms with Crippen molar-refractivity contribution in [3.8, 4) is 0 Å². The number of hydrogen-bond acceptors (Lipinski definition) is 4. The maximum atomic E-state index is 13.3. The molecule has 2 aliphatic rings. The average molecular weight is 481 g/mol. The Morgan fingerprint density at radius 1 is 1.11 bits per heavy atom. The van der Waals surface area contributed by atoms with Crippen LogP contribution in [0.4, 0.5) is 5.69 Å².